The molecule has 0 radical (unpaired) electrons. The van der Waals surface area contributed by atoms with Gasteiger partial charge in [0.25, 0.3) is 0 Å². The Hall–Kier alpha value is -0.540. The van der Waals surface area contributed by atoms with Crippen molar-refractivity contribution in [3.8, 4) is 0 Å². The lowest BCUT2D eigenvalue weighted by atomic mass is 9.95. The monoisotopic (exact) mass is 199 g/mol. The van der Waals surface area contributed by atoms with Crippen LogP contribution in [0.5, 0.6) is 0 Å². The Balaban J connectivity index is 2.14. The van der Waals surface area contributed by atoms with Gasteiger partial charge in [-0.2, -0.15) is 5.10 Å². The van der Waals surface area contributed by atoms with Gasteiger partial charge in [0.1, 0.15) is 5.15 Å². The molecular weight excluding hydrogens is 186 g/mol. The van der Waals surface area contributed by atoms with Gasteiger partial charge in [0, 0.05) is 13.0 Å². The second kappa shape index (κ2) is 3.68. The van der Waals surface area contributed by atoms with Crippen LogP contribution in [0.2, 0.25) is 5.15 Å². The number of aryl methyl sites for hydroxylation is 1. The number of piperidine rings is 1. The maximum atomic E-state index is 5.93. The minimum Gasteiger partial charge on any atom is -0.317 e. The summed E-state index contributed by atoms with van der Waals surface area (Å²) in [4.78, 5) is 0. The molecule has 0 spiro atoms. The normalized spacial score (nSPS) is 19.2. The van der Waals surface area contributed by atoms with Gasteiger partial charge in [-0.15, -0.1) is 0 Å². The lowest BCUT2D eigenvalue weighted by Crippen LogP contribution is -2.26. The summed E-state index contributed by atoms with van der Waals surface area (Å²) < 4.78 is 1.74. The van der Waals surface area contributed by atoms with E-state index in [1.807, 2.05) is 13.1 Å². The molecule has 4 heteroatoms. The fourth-order valence-corrected chi connectivity index (χ4v) is 1.93. The third-order valence-electron chi connectivity index (χ3n) is 2.60. The minimum atomic E-state index is 0.597. The molecule has 2 rings (SSSR count). The predicted octanol–water partition coefficient (Wildman–Crippen LogP) is 1.54. The van der Waals surface area contributed by atoms with Crippen LogP contribution in [0, 0.1) is 0 Å². The molecular formula is C9H14ClN3. The Morgan fingerprint density at radius 3 is 2.77 bits per heavy atom. The average molecular weight is 200 g/mol. The average Bonchev–Trinajstić information content (AvgIpc) is 2.49. The first-order valence-electron chi connectivity index (χ1n) is 4.67. The van der Waals surface area contributed by atoms with E-state index in [0.717, 1.165) is 23.9 Å². The molecule has 1 aliphatic rings. The van der Waals surface area contributed by atoms with E-state index in [4.69, 9.17) is 11.6 Å². The molecule has 72 valence electrons. The first-order valence-corrected chi connectivity index (χ1v) is 5.05. The van der Waals surface area contributed by atoms with Crippen LogP contribution in [0.3, 0.4) is 0 Å². The second-order valence-electron chi connectivity index (χ2n) is 3.54. The summed E-state index contributed by atoms with van der Waals surface area (Å²) in [7, 11) is 1.88. The molecule has 2 heterocycles. The largest absolute Gasteiger partial charge is 0.317 e. The Bertz CT molecular complexity index is 270. The molecule has 1 aromatic heterocycles. The van der Waals surface area contributed by atoms with Gasteiger partial charge in [-0.1, -0.05) is 11.6 Å². The van der Waals surface area contributed by atoms with Crippen molar-refractivity contribution in [1.29, 1.82) is 0 Å². The highest BCUT2D eigenvalue weighted by Gasteiger charge is 2.18. The fraction of sp³-hybridized carbons (Fsp3) is 0.667. The topological polar surface area (TPSA) is 29.9 Å². The number of hydrogen-bond donors (Lipinski definition) is 1. The summed E-state index contributed by atoms with van der Waals surface area (Å²) in [6.45, 7) is 2.19. The Kier molecular flexibility index (Phi) is 2.56. The van der Waals surface area contributed by atoms with Crippen molar-refractivity contribution in [3.05, 3.63) is 16.9 Å². The van der Waals surface area contributed by atoms with Crippen LogP contribution >= 0.6 is 11.6 Å². The summed E-state index contributed by atoms with van der Waals surface area (Å²) >= 11 is 5.93. The van der Waals surface area contributed by atoms with Gasteiger partial charge in [0.15, 0.2) is 0 Å². The zero-order chi connectivity index (χ0) is 9.26. The van der Waals surface area contributed by atoms with Gasteiger partial charge in [0.2, 0.25) is 0 Å². The van der Waals surface area contributed by atoms with Crippen LogP contribution in [0.25, 0.3) is 0 Å². The zero-order valence-electron chi connectivity index (χ0n) is 7.76. The molecule has 1 aromatic rings. The van der Waals surface area contributed by atoms with Gasteiger partial charge in [-0.05, 0) is 32.0 Å². The molecule has 0 aromatic carbocycles. The molecule has 1 fully saturated rings. The number of halogens is 1. The van der Waals surface area contributed by atoms with E-state index >= 15 is 0 Å². The highest BCUT2D eigenvalue weighted by Crippen LogP contribution is 2.25. The molecule has 3 nitrogen and oxygen atoms in total. The van der Waals surface area contributed by atoms with Crippen LogP contribution in [0.15, 0.2) is 6.07 Å². The Labute approximate surface area is 83.1 Å². The van der Waals surface area contributed by atoms with Gasteiger partial charge < -0.3 is 5.32 Å². The van der Waals surface area contributed by atoms with E-state index in [1.165, 1.54) is 12.8 Å². The number of hydrogen-bond acceptors (Lipinski definition) is 2. The Morgan fingerprint density at radius 2 is 2.23 bits per heavy atom. The van der Waals surface area contributed by atoms with Crippen molar-refractivity contribution in [3.63, 3.8) is 0 Å². The number of nitrogens with one attached hydrogen (secondary N) is 1. The van der Waals surface area contributed by atoms with Gasteiger partial charge in [-0.25, -0.2) is 0 Å². The van der Waals surface area contributed by atoms with Crippen molar-refractivity contribution >= 4 is 11.6 Å². The van der Waals surface area contributed by atoms with E-state index in [1.54, 1.807) is 4.68 Å². The van der Waals surface area contributed by atoms with Crippen molar-refractivity contribution in [1.82, 2.24) is 15.1 Å². The van der Waals surface area contributed by atoms with Crippen LogP contribution in [-0.2, 0) is 7.05 Å². The maximum Gasteiger partial charge on any atom is 0.126 e. The third kappa shape index (κ3) is 1.86. The molecule has 1 saturated heterocycles. The molecule has 1 N–H and O–H groups in total. The summed E-state index contributed by atoms with van der Waals surface area (Å²) in [5.41, 5.74) is 1.15. The lowest BCUT2D eigenvalue weighted by molar-refractivity contribution is 0.450. The van der Waals surface area contributed by atoms with Gasteiger partial charge >= 0.3 is 0 Å². The molecule has 0 aliphatic carbocycles. The summed E-state index contributed by atoms with van der Waals surface area (Å²) in [5.74, 6) is 0.597. The van der Waals surface area contributed by atoms with Crippen LogP contribution in [0.1, 0.15) is 24.5 Å². The number of rotatable bonds is 1. The highest BCUT2D eigenvalue weighted by molar-refractivity contribution is 6.29. The minimum absolute atomic E-state index is 0.597. The van der Waals surface area contributed by atoms with Crippen molar-refractivity contribution in [2.75, 3.05) is 13.1 Å². The number of aromatic nitrogens is 2. The van der Waals surface area contributed by atoms with Crippen molar-refractivity contribution < 1.29 is 0 Å². The van der Waals surface area contributed by atoms with E-state index in [0.29, 0.717) is 5.92 Å². The molecule has 0 bridgehead atoms. The highest BCUT2D eigenvalue weighted by atomic mass is 35.5. The maximum absolute atomic E-state index is 5.93. The molecule has 13 heavy (non-hydrogen) atoms. The smallest absolute Gasteiger partial charge is 0.126 e. The molecule has 0 amide bonds. The molecule has 0 unspecified atom stereocenters. The quantitative estimate of drug-likeness (QED) is 0.744. The summed E-state index contributed by atoms with van der Waals surface area (Å²) in [6.07, 6.45) is 2.35. The standard InChI is InChI=1S/C9H14ClN3/c1-13-9(10)6-8(12-13)7-2-4-11-5-3-7/h6-7,11H,2-5H2,1H3. The Morgan fingerprint density at radius 1 is 1.54 bits per heavy atom. The van der Waals surface area contributed by atoms with E-state index in [-0.39, 0.29) is 0 Å². The molecule has 0 atom stereocenters. The van der Waals surface area contributed by atoms with Gasteiger partial charge in [-0.3, -0.25) is 4.68 Å². The first-order chi connectivity index (χ1) is 6.27. The fourth-order valence-electron chi connectivity index (χ4n) is 1.78. The number of nitrogens with zero attached hydrogens (tertiary/aromatic N) is 2. The molecule has 0 saturated carbocycles. The predicted molar refractivity (Wildman–Crippen MR) is 53.1 cm³/mol. The van der Waals surface area contributed by atoms with E-state index in [9.17, 15) is 0 Å². The third-order valence-corrected chi connectivity index (χ3v) is 2.95. The van der Waals surface area contributed by atoms with Gasteiger partial charge in [0.05, 0.1) is 5.69 Å². The van der Waals surface area contributed by atoms with E-state index < -0.39 is 0 Å². The van der Waals surface area contributed by atoms with Crippen LogP contribution in [-0.4, -0.2) is 22.9 Å². The van der Waals surface area contributed by atoms with Crippen molar-refractivity contribution in [2.45, 2.75) is 18.8 Å². The SMILES string of the molecule is Cn1nc(C2CCNCC2)cc1Cl. The van der Waals surface area contributed by atoms with Crippen LogP contribution < -0.4 is 5.32 Å². The van der Waals surface area contributed by atoms with Crippen LogP contribution in [0.4, 0.5) is 0 Å². The lowest BCUT2D eigenvalue weighted by Gasteiger charge is -2.20. The summed E-state index contributed by atoms with van der Waals surface area (Å²) in [5, 5.41) is 8.46. The molecule has 1 aliphatic heterocycles. The zero-order valence-corrected chi connectivity index (χ0v) is 8.51. The van der Waals surface area contributed by atoms with Crippen molar-refractivity contribution in [2.24, 2.45) is 7.05 Å². The first kappa shape index (κ1) is 9.03. The van der Waals surface area contributed by atoms with E-state index in [2.05, 4.69) is 10.4 Å². The summed E-state index contributed by atoms with van der Waals surface area (Å²) in [6, 6.07) is 1.98. The second-order valence-corrected chi connectivity index (χ2v) is 3.93.